The topological polar surface area (TPSA) is 126 Å². The van der Waals surface area contributed by atoms with Crippen molar-refractivity contribution < 1.29 is 42.9 Å². The lowest BCUT2D eigenvalue weighted by atomic mass is 9.96. The van der Waals surface area contributed by atoms with Crippen LogP contribution >= 0.6 is 0 Å². The van der Waals surface area contributed by atoms with Gasteiger partial charge in [-0.3, -0.25) is 19.2 Å². The Labute approximate surface area is 186 Å². The number of ether oxygens (including phenoxy) is 5. The lowest BCUT2D eigenvalue weighted by Gasteiger charge is -2.44. The van der Waals surface area contributed by atoms with Gasteiger partial charge in [-0.15, -0.1) is 0 Å². The van der Waals surface area contributed by atoms with E-state index >= 15 is 0 Å². The first kappa shape index (κ1) is 25.3. The molecule has 0 bridgehead atoms. The predicted molar refractivity (Wildman–Crippen MR) is 110 cm³/mol. The van der Waals surface area contributed by atoms with E-state index in [2.05, 4.69) is 5.32 Å². The van der Waals surface area contributed by atoms with Crippen molar-refractivity contribution in [3.8, 4) is 0 Å². The Morgan fingerprint density at radius 1 is 0.906 bits per heavy atom. The molecule has 1 aromatic carbocycles. The molecule has 0 aromatic heterocycles. The third-order valence-electron chi connectivity index (χ3n) is 4.59. The smallest absolute Gasteiger partial charge is 0.303 e. The van der Waals surface area contributed by atoms with Crippen LogP contribution in [0.1, 0.15) is 33.3 Å². The molecular formula is C22H29NO9. The average Bonchev–Trinajstić information content (AvgIpc) is 2.70. The van der Waals surface area contributed by atoms with E-state index in [0.29, 0.717) is 6.42 Å². The Morgan fingerprint density at radius 3 is 2.09 bits per heavy atom. The highest BCUT2D eigenvalue weighted by Crippen LogP contribution is 2.28. The number of hydrogen-bond acceptors (Lipinski definition) is 9. The van der Waals surface area contributed by atoms with Crippen LogP contribution in [-0.2, 0) is 49.3 Å². The number of benzene rings is 1. The highest BCUT2D eigenvalue weighted by atomic mass is 16.7. The second-order valence-corrected chi connectivity index (χ2v) is 7.33. The monoisotopic (exact) mass is 451 g/mol. The van der Waals surface area contributed by atoms with Gasteiger partial charge in [0.25, 0.3) is 0 Å². The van der Waals surface area contributed by atoms with Crippen LogP contribution in [0.3, 0.4) is 0 Å². The quantitative estimate of drug-likeness (QED) is 0.430. The highest BCUT2D eigenvalue weighted by Gasteiger charge is 2.51. The zero-order valence-corrected chi connectivity index (χ0v) is 18.6. The second-order valence-electron chi connectivity index (χ2n) is 7.33. The van der Waals surface area contributed by atoms with Gasteiger partial charge in [0.05, 0.1) is 6.61 Å². The molecule has 0 unspecified atom stereocenters. The van der Waals surface area contributed by atoms with Gasteiger partial charge < -0.3 is 29.0 Å². The zero-order chi connectivity index (χ0) is 23.7. The number of hydrogen-bond donors (Lipinski definition) is 1. The van der Waals surface area contributed by atoms with Crippen LogP contribution in [0.25, 0.3) is 0 Å². The number of rotatable bonds is 9. The maximum atomic E-state index is 11.9. The van der Waals surface area contributed by atoms with Crippen LogP contribution in [-0.4, -0.2) is 67.7 Å². The molecule has 0 radical (unpaired) electrons. The van der Waals surface area contributed by atoms with Crippen molar-refractivity contribution in [2.75, 3.05) is 13.2 Å². The fourth-order valence-corrected chi connectivity index (χ4v) is 3.37. The molecule has 1 fully saturated rings. The van der Waals surface area contributed by atoms with Crippen molar-refractivity contribution in [1.82, 2.24) is 5.32 Å². The lowest BCUT2D eigenvalue weighted by Crippen LogP contribution is -2.66. The van der Waals surface area contributed by atoms with Crippen molar-refractivity contribution in [1.29, 1.82) is 0 Å². The summed E-state index contributed by atoms with van der Waals surface area (Å²) in [7, 11) is 0. The maximum absolute atomic E-state index is 11.9. The van der Waals surface area contributed by atoms with Gasteiger partial charge in [0, 0.05) is 27.7 Å². The van der Waals surface area contributed by atoms with Crippen molar-refractivity contribution in [3.05, 3.63) is 35.9 Å². The molecule has 0 spiro atoms. The summed E-state index contributed by atoms with van der Waals surface area (Å²) < 4.78 is 27.6. The first-order valence-corrected chi connectivity index (χ1v) is 10.2. The lowest BCUT2D eigenvalue weighted by molar-refractivity contribution is -0.277. The van der Waals surface area contributed by atoms with Gasteiger partial charge >= 0.3 is 17.9 Å². The summed E-state index contributed by atoms with van der Waals surface area (Å²) in [5.41, 5.74) is 1.03. The minimum absolute atomic E-state index is 0.232. The zero-order valence-electron chi connectivity index (χ0n) is 18.6. The van der Waals surface area contributed by atoms with Crippen LogP contribution < -0.4 is 5.32 Å². The van der Waals surface area contributed by atoms with E-state index in [1.807, 2.05) is 30.3 Å². The summed E-state index contributed by atoms with van der Waals surface area (Å²) in [4.78, 5) is 46.7. The summed E-state index contributed by atoms with van der Waals surface area (Å²) in [6, 6.07) is 8.63. The second kappa shape index (κ2) is 12.2. The van der Waals surface area contributed by atoms with Gasteiger partial charge in [-0.05, 0) is 12.0 Å². The number of esters is 3. The Balaban J connectivity index is 2.28. The first-order valence-electron chi connectivity index (χ1n) is 10.2. The third kappa shape index (κ3) is 7.93. The highest BCUT2D eigenvalue weighted by molar-refractivity contribution is 5.73. The SMILES string of the molecule is CC(=O)N[C@H]1[C@H](OCCc2ccccc2)O[C@H](COC(C)=O)[C@@H](OC(C)=O)[C@@H]1OC(C)=O. The Hall–Kier alpha value is -2.98. The van der Waals surface area contributed by atoms with Gasteiger partial charge in [0.15, 0.2) is 18.5 Å². The van der Waals surface area contributed by atoms with Gasteiger partial charge in [-0.1, -0.05) is 30.3 Å². The van der Waals surface area contributed by atoms with E-state index in [1.54, 1.807) is 0 Å². The molecule has 5 atom stereocenters. The van der Waals surface area contributed by atoms with Crippen LogP contribution in [0.5, 0.6) is 0 Å². The molecule has 0 saturated carbocycles. The third-order valence-corrected chi connectivity index (χ3v) is 4.59. The van der Waals surface area contributed by atoms with Crippen molar-refractivity contribution in [2.45, 2.75) is 64.8 Å². The molecular weight excluding hydrogens is 422 g/mol. The molecule has 2 rings (SSSR count). The van der Waals surface area contributed by atoms with Gasteiger partial charge in [0.2, 0.25) is 5.91 Å². The number of amides is 1. The van der Waals surface area contributed by atoms with Crippen molar-refractivity contribution in [3.63, 3.8) is 0 Å². The predicted octanol–water partition coefficient (Wildman–Crippen LogP) is 0.902. The standard InChI is InChI=1S/C22H29NO9/c1-13(24)23-19-21(31-16(4)27)20(30-15(3)26)18(12-29-14(2)25)32-22(19)28-11-10-17-8-6-5-7-9-17/h5-9,18-22H,10-12H2,1-4H3,(H,23,24)/t18-,19-,20-,21-,22-/m1/s1. The molecule has 176 valence electrons. The Morgan fingerprint density at radius 2 is 1.53 bits per heavy atom. The summed E-state index contributed by atoms with van der Waals surface area (Å²) >= 11 is 0. The molecule has 1 amide bonds. The van der Waals surface area contributed by atoms with Gasteiger partial charge in [-0.2, -0.15) is 0 Å². The summed E-state index contributed by atoms with van der Waals surface area (Å²) in [5.74, 6) is -2.30. The molecule has 32 heavy (non-hydrogen) atoms. The van der Waals surface area contributed by atoms with Gasteiger partial charge in [-0.25, -0.2) is 0 Å². The van der Waals surface area contributed by atoms with E-state index in [4.69, 9.17) is 23.7 Å². The number of carbonyl (C=O) groups excluding carboxylic acids is 4. The minimum Gasteiger partial charge on any atom is -0.463 e. The van der Waals surface area contributed by atoms with Crippen LogP contribution in [0.4, 0.5) is 0 Å². The fourth-order valence-electron chi connectivity index (χ4n) is 3.37. The van der Waals surface area contributed by atoms with E-state index in [9.17, 15) is 19.2 Å². The molecule has 1 saturated heterocycles. The minimum atomic E-state index is -1.14. The van der Waals surface area contributed by atoms with Crippen molar-refractivity contribution in [2.24, 2.45) is 0 Å². The average molecular weight is 451 g/mol. The van der Waals surface area contributed by atoms with Crippen LogP contribution in [0, 0.1) is 0 Å². The van der Waals surface area contributed by atoms with E-state index < -0.39 is 54.5 Å². The molecule has 1 heterocycles. The van der Waals surface area contributed by atoms with Gasteiger partial charge in [0.1, 0.15) is 18.8 Å². The number of carbonyl (C=O) groups is 4. The first-order chi connectivity index (χ1) is 15.2. The molecule has 10 nitrogen and oxygen atoms in total. The normalized spacial score (nSPS) is 24.8. The summed E-state index contributed by atoms with van der Waals surface area (Å²) in [6.45, 7) is 4.85. The molecule has 0 aliphatic carbocycles. The Kier molecular flexibility index (Phi) is 9.61. The largest absolute Gasteiger partial charge is 0.463 e. The van der Waals surface area contributed by atoms with E-state index in [0.717, 1.165) is 5.56 Å². The molecule has 1 aromatic rings. The van der Waals surface area contributed by atoms with Crippen molar-refractivity contribution >= 4 is 23.8 Å². The molecule has 1 aliphatic rings. The van der Waals surface area contributed by atoms with E-state index in [1.165, 1.54) is 27.7 Å². The molecule has 1 N–H and O–H groups in total. The summed E-state index contributed by atoms with van der Waals surface area (Å²) in [5, 5.41) is 2.66. The number of nitrogens with one attached hydrogen (secondary N) is 1. The Bertz CT molecular complexity index is 798. The summed E-state index contributed by atoms with van der Waals surface area (Å²) in [6.07, 6.45) is -3.75. The molecule has 10 heteroatoms. The van der Waals surface area contributed by atoms with Crippen LogP contribution in [0.2, 0.25) is 0 Å². The van der Waals surface area contributed by atoms with E-state index in [-0.39, 0.29) is 13.2 Å². The van der Waals surface area contributed by atoms with Crippen LogP contribution in [0.15, 0.2) is 30.3 Å². The fraction of sp³-hybridized carbons (Fsp3) is 0.545. The maximum Gasteiger partial charge on any atom is 0.303 e. The molecule has 1 aliphatic heterocycles.